The number of hydrogen-bond acceptors (Lipinski definition) is 5. The van der Waals surface area contributed by atoms with E-state index in [1.165, 1.54) is 0 Å². The quantitative estimate of drug-likeness (QED) is 0.786. The van der Waals surface area contributed by atoms with Gasteiger partial charge in [0.05, 0.1) is 14.2 Å². The molecule has 138 valence electrons. The maximum atomic E-state index is 12.1. The Morgan fingerprint density at radius 2 is 1.77 bits per heavy atom. The Balaban J connectivity index is 1.43. The highest BCUT2D eigenvalue weighted by atomic mass is 16.7. The summed E-state index contributed by atoms with van der Waals surface area (Å²) in [7, 11) is 3.23. The van der Waals surface area contributed by atoms with Crippen molar-refractivity contribution in [3.05, 3.63) is 47.5 Å². The van der Waals surface area contributed by atoms with E-state index in [2.05, 4.69) is 5.32 Å². The Kier molecular flexibility index (Phi) is 5.84. The van der Waals surface area contributed by atoms with Gasteiger partial charge in [-0.2, -0.15) is 0 Å². The molecule has 1 aliphatic heterocycles. The van der Waals surface area contributed by atoms with Crippen LogP contribution >= 0.6 is 0 Å². The number of methoxy groups -OCH3 is 2. The van der Waals surface area contributed by atoms with Crippen LogP contribution in [0.25, 0.3) is 0 Å². The molecule has 1 aliphatic rings. The fourth-order valence-corrected chi connectivity index (χ4v) is 2.83. The van der Waals surface area contributed by atoms with Gasteiger partial charge in [0.1, 0.15) is 0 Å². The first-order valence-electron chi connectivity index (χ1n) is 8.55. The molecule has 6 nitrogen and oxygen atoms in total. The van der Waals surface area contributed by atoms with Gasteiger partial charge in [-0.15, -0.1) is 0 Å². The van der Waals surface area contributed by atoms with E-state index in [1.807, 2.05) is 36.4 Å². The zero-order valence-electron chi connectivity index (χ0n) is 15.0. The number of fused-ring (bicyclic) bond motifs is 1. The molecule has 0 aromatic heterocycles. The second kappa shape index (κ2) is 8.47. The summed E-state index contributed by atoms with van der Waals surface area (Å²) >= 11 is 0. The molecule has 1 N–H and O–H groups in total. The lowest BCUT2D eigenvalue weighted by atomic mass is 10.1. The van der Waals surface area contributed by atoms with E-state index in [-0.39, 0.29) is 12.7 Å². The first-order chi connectivity index (χ1) is 12.7. The Bertz CT molecular complexity index is 775. The van der Waals surface area contributed by atoms with Crippen LogP contribution in [0.4, 0.5) is 0 Å². The smallest absolute Gasteiger partial charge is 0.231 e. The van der Waals surface area contributed by atoms with E-state index < -0.39 is 0 Å². The van der Waals surface area contributed by atoms with Crippen molar-refractivity contribution in [1.82, 2.24) is 5.32 Å². The lowest BCUT2D eigenvalue weighted by Crippen LogP contribution is -2.22. The van der Waals surface area contributed by atoms with Crippen molar-refractivity contribution in [3.8, 4) is 23.0 Å². The Morgan fingerprint density at radius 1 is 1.00 bits per heavy atom. The van der Waals surface area contributed by atoms with Gasteiger partial charge in [-0.3, -0.25) is 4.79 Å². The molecule has 0 saturated heterocycles. The van der Waals surface area contributed by atoms with Gasteiger partial charge in [-0.1, -0.05) is 12.1 Å². The Morgan fingerprint density at radius 3 is 2.58 bits per heavy atom. The van der Waals surface area contributed by atoms with E-state index in [4.69, 9.17) is 18.9 Å². The fraction of sp³-hybridized carbons (Fsp3) is 0.350. The van der Waals surface area contributed by atoms with Crippen LogP contribution in [0.1, 0.15) is 24.0 Å². The number of benzene rings is 2. The van der Waals surface area contributed by atoms with Crippen LogP contribution in [-0.4, -0.2) is 26.9 Å². The molecule has 0 aliphatic carbocycles. The van der Waals surface area contributed by atoms with E-state index in [0.29, 0.717) is 24.5 Å². The van der Waals surface area contributed by atoms with E-state index >= 15 is 0 Å². The molecule has 3 rings (SSSR count). The normalized spacial score (nSPS) is 11.9. The van der Waals surface area contributed by atoms with Crippen LogP contribution in [0.15, 0.2) is 36.4 Å². The molecule has 0 spiro atoms. The van der Waals surface area contributed by atoms with E-state index in [0.717, 1.165) is 35.5 Å². The van der Waals surface area contributed by atoms with Gasteiger partial charge in [-0.25, -0.2) is 0 Å². The van der Waals surface area contributed by atoms with Crippen molar-refractivity contribution >= 4 is 5.91 Å². The average Bonchev–Trinajstić information content (AvgIpc) is 3.14. The van der Waals surface area contributed by atoms with Crippen LogP contribution in [-0.2, 0) is 17.8 Å². The SMILES string of the molecule is COc1ccc(CCCC(=O)NCc2ccc3c(c2)OCO3)cc1OC. The molecular formula is C20H23NO5. The molecule has 0 bridgehead atoms. The van der Waals surface area contributed by atoms with Crippen molar-refractivity contribution < 1.29 is 23.7 Å². The number of rotatable bonds is 8. The molecule has 1 heterocycles. The molecule has 2 aromatic carbocycles. The summed E-state index contributed by atoms with van der Waals surface area (Å²) in [5, 5.41) is 2.94. The minimum absolute atomic E-state index is 0.0307. The topological polar surface area (TPSA) is 66.0 Å². The Hall–Kier alpha value is -2.89. The zero-order valence-corrected chi connectivity index (χ0v) is 15.0. The van der Waals surface area contributed by atoms with Gasteiger partial charge in [0.25, 0.3) is 0 Å². The standard InChI is InChI=1S/C20H23NO5/c1-23-16-8-6-14(10-18(16)24-2)4-3-5-20(22)21-12-15-7-9-17-19(11-15)26-13-25-17/h6-11H,3-5,12-13H2,1-2H3,(H,21,22). The fourth-order valence-electron chi connectivity index (χ4n) is 2.83. The van der Waals surface area contributed by atoms with Crippen LogP contribution in [0.5, 0.6) is 23.0 Å². The summed E-state index contributed by atoms with van der Waals surface area (Å²) in [5.74, 6) is 2.92. The predicted octanol–water partition coefficient (Wildman–Crippen LogP) is 3.07. The largest absolute Gasteiger partial charge is 0.493 e. The van der Waals surface area contributed by atoms with E-state index in [1.54, 1.807) is 14.2 Å². The summed E-state index contributed by atoms with van der Waals surface area (Å²) in [4.78, 5) is 12.1. The molecule has 6 heteroatoms. The maximum Gasteiger partial charge on any atom is 0.231 e. The predicted molar refractivity (Wildman–Crippen MR) is 96.9 cm³/mol. The molecule has 26 heavy (non-hydrogen) atoms. The van der Waals surface area contributed by atoms with Crippen molar-refractivity contribution in [2.24, 2.45) is 0 Å². The van der Waals surface area contributed by atoms with Gasteiger partial charge in [0.15, 0.2) is 23.0 Å². The summed E-state index contributed by atoms with van der Waals surface area (Å²) in [6.07, 6.45) is 2.04. The highest BCUT2D eigenvalue weighted by Crippen LogP contribution is 2.32. The van der Waals surface area contributed by atoms with Crippen molar-refractivity contribution in [1.29, 1.82) is 0 Å². The summed E-state index contributed by atoms with van der Waals surface area (Å²) in [6.45, 7) is 0.729. The molecule has 0 unspecified atom stereocenters. The highest BCUT2D eigenvalue weighted by molar-refractivity contribution is 5.75. The summed E-state index contributed by atoms with van der Waals surface area (Å²) in [6, 6.07) is 11.5. The molecule has 0 fully saturated rings. The molecule has 0 atom stereocenters. The van der Waals surface area contributed by atoms with E-state index in [9.17, 15) is 4.79 Å². The third-order valence-electron chi connectivity index (χ3n) is 4.24. The molecular weight excluding hydrogens is 334 g/mol. The van der Waals surface area contributed by atoms with Gasteiger partial charge in [0.2, 0.25) is 12.7 Å². The van der Waals surface area contributed by atoms with Crippen LogP contribution in [0.3, 0.4) is 0 Å². The van der Waals surface area contributed by atoms with Gasteiger partial charge < -0.3 is 24.3 Å². The monoisotopic (exact) mass is 357 g/mol. The van der Waals surface area contributed by atoms with Gasteiger partial charge >= 0.3 is 0 Å². The number of carbonyl (C=O) groups excluding carboxylic acids is 1. The molecule has 0 saturated carbocycles. The minimum atomic E-state index is 0.0307. The van der Waals surface area contributed by atoms with Crippen molar-refractivity contribution in [3.63, 3.8) is 0 Å². The van der Waals surface area contributed by atoms with Crippen LogP contribution < -0.4 is 24.3 Å². The minimum Gasteiger partial charge on any atom is -0.493 e. The van der Waals surface area contributed by atoms with Crippen LogP contribution in [0, 0.1) is 0 Å². The highest BCUT2D eigenvalue weighted by Gasteiger charge is 2.13. The summed E-state index contributed by atoms with van der Waals surface area (Å²) < 4.78 is 21.1. The number of ether oxygens (including phenoxy) is 4. The zero-order chi connectivity index (χ0) is 18.4. The number of nitrogens with one attached hydrogen (secondary N) is 1. The average molecular weight is 357 g/mol. The maximum absolute atomic E-state index is 12.1. The summed E-state index contributed by atoms with van der Waals surface area (Å²) in [5.41, 5.74) is 2.11. The molecule has 0 radical (unpaired) electrons. The molecule has 2 aromatic rings. The van der Waals surface area contributed by atoms with Crippen molar-refractivity contribution in [2.75, 3.05) is 21.0 Å². The third-order valence-corrected chi connectivity index (χ3v) is 4.24. The first kappa shape index (κ1) is 17.9. The second-order valence-corrected chi connectivity index (χ2v) is 6.01. The van der Waals surface area contributed by atoms with Gasteiger partial charge in [-0.05, 0) is 48.2 Å². The first-order valence-corrected chi connectivity index (χ1v) is 8.55. The Labute approximate surface area is 153 Å². The van der Waals surface area contributed by atoms with Crippen molar-refractivity contribution in [2.45, 2.75) is 25.8 Å². The lowest BCUT2D eigenvalue weighted by molar-refractivity contribution is -0.121. The number of hydrogen-bond donors (Lipinski definition) is 1. The third kappa shape index (κ3) is 4.39. The van der Waals surface area contributed by atoms with Gasteiger partial charge in [0, 0.05) is 13.0 Å². The second-order valence-electron chi connectivity index (χ2n) is 6.01. The number of amides is 1. The lowest BCUT2D eigenvalue weighted by Gasteiger charge is -2.10. The van der Waals surface area contributed by atoms with Crippen LogP contribution in [0.2, 0.25) is 0 Å². The molecule has 1 amide bonds. The number of carbonyl (C=O) groups is 1. The number of aryl methyl sites for hydroxylation is 1.